The predicted molar refractivity (Wildman–Crippen MR) is 126 cm³/mol. The fourth-order valence-corrected chi connectivity index (χ4v) is 5.40. The van der Waals surface area contributed by atoms with Crippen LogP contribution in [0.4, 0.5) is 4.79 Å². The quantitative estimate of drug-likeness (QED) is 0.640. The van der Waals surface area contributed by atoms with Gasteiger partial charge in [0.05, 0.1) is 5.92 Å². The van der Waals surface area contributed by atoms with Crippen LogP contribution in [0.2, 0.25) is 0 Å². The Hall–Kier alpha value is -3.61. The lowest BCUT2D eigenvalue weighted by Gasteiger charge is -2.17. The number of alkyl carbamates (subject to hydrolysis) is 1. The summed E-state index contributed by atoms with van der Waals surface area (Å²) in [6, 6.07) is 16.3. The number of carbonyl (C=O) groups excluding carboxylic acids is 2. The van der Waals surface area contributed by atoms with Gasteiger partial charge >= 0.3 is 12.1 Å². The molecule has 176 valence electrons. The fraction of sp³-hybridized carbons (Fsp3) is 0.370. The topological polar surface area (TPSA) is 95.9 Å². The normalized spacial score (nSPS) is 20.1. The average molecular weight is 461 g/mol. The summed E-state index contributed by atoms with van der Waals surface area (Å²) >= 11 is 0. The number of amides is 2. The molecule has 0 bridgehead atoms. The lowest BCUT2D eigenvalue weighted by atomic mass is 9.93. The van der Waals surface area contributed by atoms with E-state index in [2.05, 4.69) is 29.6 Å². The molecule has 1 spiro atoms. The van der Waals surface area contributed by atoms with E-state index in [0.29, 0.717) is 12.1 Å². The number of likely N-dealkylation sites (tertiary alicyclic amines) is 1. The number of benzene rings is 2. The van der Waals surface area contributed by atoms with E-state index in [4.69, 9.17) is 4.74 Å². The molecule has 5 rings (SSSR count). The number of hydrogen-bond donors (Lipinski definition) is 2. The maximum atomic E-state index is 12.8. The molecule has 0 radical (unpaired) electrons. The first-order chi connectivity index (χ1) is 16.4. The van der Waals surface area contributed by atoms with E-state index in [1.807, 2.05) is 24.3 Å². The van der Waals surface area contributed by atoms with Crippen molar-refractivity contribution in [3.05, 3.63) is 71.3 Å². The number of nitrogens with zero attached hydrogens (tertiary/aromatic N) is 1. The van der Waals surface area contributed by atoms with Crippen LogP contribution in [-0.4, -0.2) is 54.2 Å². The van der Waals surface area contributed by atoms with E-state index in [1.54, 1.807) is 17.9 Å². The Kier molecular flexibility index (Phi) is 5.63. The first-order valence-electron chi connectivity index (χ1n) is 11.7. The number of nitrogens with one attached hydrogen (secondary N) is 1. The zero-order chi connectivity index (χ0) is 23.9. The van der Waals surface area contributed by atoms with Crippen molar-refractivity contribution in [3.8, 4) is 11.1 Å². The highest BCUT2D eigenvalue weighted by atomic mass is 16.5. The SMILES string of the molecule is C/C(=C\CNC(=O)OCC1c2ccccc2-c2ccccc21)C(=O)N1CC(C(=O)O)C2(CC2)C1. The van der Waals surface area contributed by atoms with E-state index in [1.165, 1.54) is 11.1 Å². The Bertz CT molecular complexity index is 1140. The fourth-order valence-electron chi connectivity index (χ4n) is 5.40. The van der Waals surface area contributed by atoms with Gasteiger partial charge in [0.25, 0.3) is 0 Å². The molecular weight excluding hydrogens is 432 g/mol. The van der Waals surface area contributed by atoms with Gasteiger partial charge in [0.1, 0.15) is 6.61 Å². The van der Waals surface area contributed by atoms with Gasteiger partial charge in [-0.3, -0.25) is 9.59 Å². The molecule has 7 nitrogen and oxygen atoms in total. The molecule has 1 heterocycles. The molecular formula is C27H28N2O5. The molecule has 7 heteroatoms. The molecule has 1 atom stereocenters. The third kappa shape index (κ3) is 3.95. The van der Waals surface area contributed by atoms with E-state index in [0.717, 1.165) is 24.0 Å². The third-order valence-electron chi connectivity index (χ3n) is 7.46. The monoisotopic (exact) mass is 460 g/mol. The van der Waals surface area contributed by atoms with Gasteiger partial charge in [0.15, 0.2) is 0 Å². The molecule has 2 fully saturated rings. The molecule has 2 aromatic rings. The first kappa shape index (κ1) is 22.2. The van der Waals surface area contributed by atoms with Crippen LogP contribution in [0.15, 0.2) is 60.2 Å². The van der Waals surface area contributed by atoms with Crippen molar-refractivity contribution in [2.75, 3.05) is 26.2 Å². The van der Waals surface area contributed by atoms with Gasteiger partial charge in [-0.2, -0.15) is 0 Å². The Morgan fingerprint density at radius 3 is 2.26 bits per heavy atom. The molecule has 1 saturated heterocycles. The largest absolute Gasteiger partial charge is 0.481 e. The number of carbonyl (C=O) groups is 3. The Labute approximate surface area is 198 Å². The summed E-state index contributed by atoms with van der Waals surface area (Å²) in [6.07, 6.45) is 2.83. The summed E-state index contributed by atoms with van der Waals surface area (Å²) in [4.78, 5) is 38.2. The smallest absolute Gasteiger partial charge is 0.407 e. The number of carboxylic acids is 1. The maximum absolute atomic E-state index is 12.8. The highest BCUT2D eigenvalue weighted by Gasteiger charge is 2.58. The molecule has 2 N–H and O–H groups in total. The molecule has 1 aliphatic heterocycles. The number of rotatable bonds is 6. The highest BCUT2D eigenvalue weighted by molar-refractivity contribution is 5.94. The first-order valence-corrected chi connectivity index (χ1v) is 11.7. The summed E-state index contributed by atoms with van der Waals surface area (Å²) < 4.78 is 5.52. The van der Waals surface area contributed by atoms with Gasteiger partial charge in [-0.15, -0.1) is 0 Å². The standard InChI is InChI=1S/C27H28N2O5/c1-17(24(30)29-14-23(25(31)32)27(16-29)11-12-27)10-13-28-26(33)34-15-22-20-8-4-2-6-18(20)19-7-3-5-9-21(19)22/h2-10,22-23H,11-16H2,1H3,(H,28,33)(H,31,32)/b17-10+. The molecule has 1 unspecified atom stereocenters. The van der Waals surface area contributed by atoms with E-state index in [-0.39, 0.29) is 36.9 Å². The van der Waals surface area contributed by atoms with Crippen molar-refractivity contribution in [3.63, 3.8) is 0 Å². The summed E-state index contributed by atoms with van der Waals surface area (Å²) in [5.74, 6) is -1.50. The van der Waals surface area contributed by atoms with E-state index in [9.17, 15) is 19.5 Å². The van der Waals surface area contributed by atoms with Crippen LogP contribution in [0.5, 0.6) is 0 Å². The van der Waals surface area contributed by atoms with Gasteiger partial charge in [-0.25, -0.2) is 4.79 Å². The van der Waals surface area contributed by atoms with Crippen molar-refractivity contribution in [2.24, 2.45) is 11.3 Å². The van der Waals surface area contributed by atoms with E-state index < -0.39 is 18.0 Å². The predicted octanol–water partition coefficient (Wildman–Crippen LogP) is 3.79. The molecule has 0 aromatic heterocycles. The number of carboxylic acid groups (broad SMARTS) is 1. The zero-order valence-electron chi connectivity index (χ0n) is 19.1. The van der Waals surface area contributed by atoms with Crippen molar-refractivity contribution < 1.29 is 24.2 Å². The van der Waals surface area contributed by atoms with Crippen LogP contribution in [-0.2, 0) is 14.3 Å². The third-order valence-corrected chi connectivity index (χ3v) is 7.46. The summed E-state index contributed by atoms with van der Waals surface area (Å²) in [5, 5.41) is 12.1. The summed E-state index contributed by atoms with van der Waals surface area (Å²) in [7, 11) is 0. The minimum absolute atomic E-state index is 0.0101. The Balaban J connectivity index is 1.14. The average Bonchev–Trinajstić information content (AvgIpc) is 3.39. The molecule has 3 aliphatic rings. The van der Waals surface area contributed by atoms with Crippen LogP contribution < -0.4 is 5.32 Å². The van der Waals surface area contributed by atoms with Crippen molar-refractivity contribution in [2.45, 2.75) is 25.7 Å². The van der Waals surface area contributed by atoms with Crippen LogP contribution >= 0.6 is 0 Å². The van der Waals surface area contributed by atoms with Gasteiger partial charge in [-0.1, -0.05) is 54.6 Å². The highest BCUT2D eigenvalue weighted by Crippen LogP contribution is 2.56. The lowest BCUT2D eigenvalue weighted by molar-refractivity contribution is -0.143. The summed E-state index contributed by atoms with van der Waals surface area (Å²) in [6.45, 7) is 2.83. The van der Waals surface area contributed by atoms with Crippen LogP contribution in [0.3, 0.4) is 0 Å². The van der Waals surface area contributed by atoms with Crippen LogP contribution in [0.1, 0.15) is 36.8 Å². The number of aliphatic carboxylic acids is 1. The number of fused-ring (bicyclic) bond motifs is 3. The molecule has 2 amide bonds. The second kappa shape index (κ2) is 8.63. The van der Waals surface area contributed by atoms with Gasteiger partial charge in [-0.05, 0) is 42.0 Å². The van der Waals surface area contributed by atoms with Crippen molar-refractivity contribution >= 4 is 18.0 Å². The molecule has 34 heavy (non-hydrogen) atoms. The maximum Gasteiger partial charge on any atom is 0.407 e. The Morgan fingerprint density at radius 2 is 1.71 bits per heavy atom. The van der Waals surface area contributed by atoms with E-state index >= 15 is 0 Å². The summed E-state index contributed by atoms with van der Waals surface area (Å²) in [5.41, 5.74) is 4.89. The lowest BCUT2D eigenvalue weighted by Crippen LogP contribution is -2.31. The van der Waals surface area contributed by atoms with Crippen LogP contribution in [0, 0.1) is 11.3 Å². The second-order valence-electron chi connectivity index (χ2n) is 9.53. The Morgan fingerprint density at radius 1 is 1.09 bits per heavy atom. The molecule has 2 aromatic carbocycles. The number of ether oxygens (including phenoxy) is 1. The molecule has 2 aliphatic carbocycles. The second-order valence-corrected chi connectivity index (χ2v) is 9.53. The zero-order valence-corrected chi connectivity index (χ0v) is 19.1. The van der Waals surface area contributed by atoms with Crippen LogP contribution in [0.25, 0.3) is 11.1 Å². The van der Waals surface area contributed by atoms with Gasteiger partial charge in [0, 0.05) is 36.5 Å². The minimum atomic E-state index is -0.827. The number of hydrogen-bond acceptors (Lipinski definition) is 4. The van der Waals surface area contributed by atoms with Crippen molar-refractivity contribution in [1.82, 2.24) is 10.2 Å². The molecule has 1 saturated carbocycles. The minimum Gasteiger partial charge on any atom is -0.481 e. The van der Waals surface area contributed by atoms with Crippen molar-refractivity contribution in [1.29, 1.82) is 0 Å². The van der Waals surface area contributed by atoms with Gasteiger partial charge in [0.2, 0.25) is 5.91 Å². The van der Waals surface area contributed by atoms with Gasteiger partial charge < -0.3 is 20.1 Å².